The van der Waals surface area contributed by atoms with Crippen LogP contribution in [-0.4, -0.2) is 47.0 Å². The van der Waals surface area contributed by atoms with Crippen LogP contribution in [0.4, 0.5) is 4.79 Å². The maximum Gasteiger partial charge on any atom is 0.410 e. The van der Waals surface area contributed by atoms with Crippen LogP contribution in [0.25, 0.3) is 0 Å². The van der Waals surface area contributed by atoms with Crippen molar-refractivity contribution < 1.29 is 24.1 Å². The fraction of sp³-hybridized carbons (Fsp3) is 0.679. The van der Waals surface area contributed by atoms with E-state index in [1.54, 1.807) is 6.07 Å². The topological polar surface area (TPSA) is 68.2 Å². The van der Waals surface area contributed by atoms with Gasteiger partial charge in [-0.05, 0) is 85.1 Å². The monoisotopic (exact) mass is 471 g/mol. The van der Waals surface area contributed by atoms with Crippen molar-refractivity contribution in [1.29, 1.82) is 0 Å². The molecule has 6 nitrogen and oxygen atoms in total. The van der Waals surface area contributed by atoms with Crippen LogP contribution in [-0.2, 0) is 9.47 Å². The highest BCUT2D eigenvalue weighted by atomic mass is 16.6. The van der Waals surface area contributed by atoms with Gasteiger partial charge in [0.15, 0.2) is 11.5 Å². The van der Waals surface area contributed by atoms with Gasteiger partial charge in [-0.2, -0.15) is 0 Å². The fourth-order valence-corrected chi connectivity index (χ4v) is 5.77. The molecular weight excluding hydrogens is 430 g/mol. The van der Waals surface area contributed by atoms with Crippen LogP contribution in [0.2, 0.25) is 0 Å². The van der Waals surface area contributed by atoms with Crippen LogP contribution >= 0.6 is 0 Å². The molecule has 4 rings (SSSR count). The number of rotatable bonds is 3. The van der Waals surface area contributed by atoms with Gasteiger partial charge in [0, 0.05) is 24.6 Å². The second-order valence-corrected chi connectivity index (χ2v) is 11.9. The molecule has 0 bridgehead atoms. The van der Waals surface area contributed by atoms with E-state index in [1.165, 1.54) is 5.57 Å². The number of ether oxygens (including phenoxy) is 3. The van der Waals surface area contributed by atoms with Gasteiger partial charge in [-0.3, -0.25) is 0 Å². The van der Waals surface area contributed by atoms with Gasteiger partial charge in [0.2, 0.25) is 0 Å². The zero-order valence-electron chi connectivity index (χ0n) is 21.6. The van der Waals surface area contributed by atoms with E-state index in [0.717, 1.165) is 37.7 Å². The molecule has 3 aliphatic heterocycles. The molecule has 1 aromatic carbocycles. The minimum absolute atomic E-state index is 0.0230. The van der Waals surface area contributed by atoms with Crippen molar-refractivity contribution in [3.8, 4) is 11.5 Å². The lowest BCUT2D eigenvalue weighted by Crippen LogP contribution is -2.56. The Labute approximate surface area is 204 Å². The first-order valence-electron chi connectivity index (χ1n) is 12.7. The lowest BCUT2D eigenvalue weighted by Gasteiger charge is -2.55. The molecule has 2 saturated heterocycles. The summed E-state index contributed by atoms with van der Waals surface area (Å²) in [7, 11) is 0. The number of carbonyl (C=O) groups is 1. The molecule has 2 fully saturated rings. The van der Waals surface area contributed by atoms with Crippen molar-refractivity contribution in [3.05, 3.63) is 35.4 Å². The lowest BCUT2D eigenvalue weighted by molar-refractivity contribution is -0.180. The number of phenols is 1. The minimum atomic E-state index is -0.487. The third-order valence-electron chi connectivity index (χ3n) is 7.71. The molecule has 0 unspecified atom stereocenters. The quantitative estimate of drug-likeness (QED) is 0.518. The third-order valence-corrected chi connectivity index (χ3v) is 7.71. The molecule has 6 heteroatoms. The Kier molecular flexibility index (Phi) is 6.67. The van der Waals surface area contributed by atoms with E-state index in [1.807, 2.05) is 37.8 Å². The summed E-state index contributed by atoms with van der Waals surface area (Å²) >= 11 is 0. The number of piperidine rings is 1. The van der Waals surface area contributed by atoms with Gasteiger partial charge in [0.1, 0.15) is 11.2 Å². The normalized spacial score (nSPS) is 27.9. The molecule has 3 aliphatic rings. The molecule has 3 heterocycles. The number of fused-ring (bicyclic) bond motifs is 3. The molecular formula is C28H41NO5. The van der Waals surface area contributed by atoms with Gasteiger partial charge in [-0.25, -0.2) is 4.79 Å². The van der Waals surface area contributed by atoms with Crippen LogP contribution in [0.3, 0.4) is 0 Å². The average Bonchev–Trinajstić information content (AvgIpc) is 2.74. The predicted octanol–water partition coefficient (Wildman–Crippen LogP) is 6.38. The SMILES string of the molecule is CC(C)=CCC[C@@]1(C)Oc2c(O)cccc2[C@H]2OCC3(CCN(C(=O)OC(C)(C)C)CC3)C[C@@H]21. The lowest BCUT2D eigenvalue weighted by atomic mass is 9.63. The Bertz CT molecular complexity index is 937. The molecule has 1 aromatic rings. The van der Waals surface area contributed by atoms with Crippen molar-refractivity contribution in [3.63, 3.8) is 0 Å². The van der Waals surface area contributed by atoms with Crippen LogP contribution in [0.5, 0.6) is 11.5 Å². The predicted molar refractivity (Wildman–Crippen MR) is 132 cm³/mol. The molecule has 1 spiro atoms. The Hall–Kier alpha value is -2.21. The Morgan fingerprint density at radius 3 is 2.62 bits per heavy atom. The number of aromatic hydroxyl groups is 1. The number of likely N-dealkylation sites (tertiary alicyclic amines) is 1. The summed E-state index contributed by atoms with van der Waals surface area (Å²) in [5.74, 6) is 0.923. The first-order chi connectivity index (χ1) is 15.9. The van der Waals surface area contributed by atoms with E-state index >= 15 is 0 Å². The first-order valence-corrected chi connectivity index (χ1v) is 12.7. The number of nitrogens with zero attached hydrogens (tertiary/aromatic N) is 1. The van der Waals surface area contributed by atoms with Gasteiger partial charge in [0.05, 0.1) is 12.7 Å². The van der Waals surface area contributed by atoms with Crippen LogP contribution < -0.4 is 4.74 Å². The molecule has 3 atom stereocenters. The summed E-state index contributed by atoms with van der Waals surface area (Å²) < 4.78 is 18.8. The van der Waals surface area contributed by atoms with E-state index in [4.69, 9.17) is 14.2 Å². The molecule has 0 radical (unpaired) electrons. The summed E-state index contributed by atoms with van der Waals surface area (Å²) in [6, 6.07) is 5.57. The molecule has 0 aromatic heterocycles. The summed E-state index contributed by atoms with van der Waals surface area (Å²) in [5.41, 5.74) is 1.34. The Balaban J connectivity index is 1.54. The fourth-order valence-electron chi connectivity index (χ4n) is 5.77. The van der Waals surface area contributed by atoms with E-state index in [-0.39, 0.29) is 29.3 Å². The molecule has 1 amide bonds. The minimum Gasteiger partial charge on any atom is -0.504 e. The van der Waals surface area contributed by atoms with Crippen LogP contribution in [0.1, 0.15) is 85.3 Å². The van der Waals surface area contributed by atoms with Crippen LogP contribution in [0, 0.1) is 11.3 Å². The van der Waals surface area contributed by atoms with Crippen molar-refractivity contribution >= 4 is 6.09 Å². The van der Waals surface area contributed by atoms with Crippen LogP contribution in [0.15, 0.2) is 29.8 Å². The number of hydrogen-bond acceptors (Lipinski definition) is 5. The average molecular weight is 472 g/mol. The van der Waals surface area contributed by atoms with Gasteiger partial charge in [-0.15, -0.1) is 0 Å². The summed E-state index contributed by atoms with van der Waals surface area (Å²) in [6.07, 6.45) is 6.49. The van der Waals surface area contributed by atoms with E-state index in [0.29, 0.717) is 25.4 Å². The summed E-state index contributed by atoms with van der Waals surface area (Å²) in [5, 5.41) is 10.6. The zero-order chi connectivity index (χ0) is 24.7. The van der Waals surface area contributed by atoms with Gasteiger partial charge >= 0.3 is 6.09 Å². The Morgan fingerprint density at radius 2 is 1.97 bits per heavy atom. The second kappa shape index (κ2) is 9.10. The smallest absolute Gasteiger partial charge is 0.410 e. The highest BCUT2D eigenvalue weighted by Crippen LogP contribution is 2.58. The second-order valence-electron chi connectivity index (χ2n) is 11.9. The summed E-state index contributed by atoms with van der Waals surface area (Å²) in [6.45, 7) is 14.1. The number of benzene rings is 1. The number of amides is 1. The number of phenolic OH excluding ortho intramolecular Hbond substituents is 1. The molecule has 34 heavy (non-hydrogen) atoms. The number of para-hydroxylation sites is 1. The standard InChI is InChI=1S/C28H41NO5/c1-19(2)9-8-12-27(6)21-17-28(13-15-29(16-14-28)25(31)34-26(3,4)5)18-32-23(21)20-10-7-11-22(30)24(20)33-27/h7,9-11,21,23,30H,8,12-18H2,1-6H3/t21-,23+,27+/m0/s1. The largest absolute Gasteiger partial charge is 0.504 e. The molecule has 1 N–H and O–H groups in total. The van der Waals surface area contributed by atoms with Crippen molar-refractivity contribution in [1.82, 2.24) is 4.90 Å². The van der Waals surface area contributed by atoms with E-state index < -0.39 is 11.2 Å². The summed E-state index contributed by atoms with van der Waals surface area (Å²) in [4.78, 5) is 14.4. The van der Waals surface area contributed by atoms with Crippen molar-refractivity contribution in [2.75, 3.05) is 19.7 Å². The third kappa shape index (κ3) is 5.07. The van der Waals surface area contributed by atoms with Gasteiger partial charge < -0.3 is 24.2 Å². The van der Waals surface area contributed by atoms with Gasteiger partial charge in [0.25, 0.3) is 0 Å². The van der Waals surface area contributed by atoms with E-state index in [9.17, 15) is 9.90 Å². The number of allylic oxidation sites excluding steroid dienone is 2. The van der Waals surface area contributed by atoms with E-state index in [2.05, 4.69) is 26.8 Å². The molecule has 0 aliphatic carbocycles. The van der Waals surface area contributed by atoms with Crippen molar-refractivity contribution in [2.45, 2.75) is 91.0 Å². The first kappa shape index (κ1) is 24.9. The van der Waals surface area contributed by atoms with Gasteiger partial charge in [-0.1, -0.05) is 23.8 Å². The highest BCUT2D eigenvalue weighted by molar-refractivity contribution is 5.68. The number of carbonyl (C=O) groups excluding carboxylic acids is 1. The van der Waals surface area contributed by atoms with Crippen molar-refractivity contribution in [2.24, 2.45) is 11.3 Å². The maximum atomic E-state index is 12.6. The Morgan fingerprint density at radius 1 is 1.26 bits per heavy atom. The number of hydrogen-bond donors (Lipinski definition) is 1. The maximum absolute atomic E-state index is 12.6. The zero-order valence-corrected chi connectivity index (χ0v) is 21.6. The molecule has 0 saturated carbocycles. The highest BCUT2D eigenvalue weighted by Gasteiger charge is 2.54. The molecule has 188 valence electrons.